The van der Waals surface area contributed by atoms with Crippen LogP contribution in [-0.4, -0.2) is 33.2 Å². The molecule has 2 rings (SSSR count). The normalized spacial score (nSPS) is 11.0. The number of aryl methyl sites for hydroxylation is 1. The fourth-order valence-electron chi connectivity index (χ4n) is 2.71. The van der Waals surface area contributed by atoms with Gasteiger partial charge in [-0.2, -0.15) is 5.26 Å². The molecule has 0 fully saturated rings. The van der Waals surface area contributed by atoms with Crippen molar-refractivity contribution >= 4 is 21.6 Å². The van der Waals surface area contributed by atoms with Crippen LogP contribution in [-0.2, 0) is 21.2 Å². The molecule has 0 unspecified atom stereocenters. The van der Waals surface area contributed by atoms with Crippen molar-refractivity contribution in [1.82, 2.24) is 4.72 Å². The van der Waals surface area contributed by atoms with Crippen LogP contribution in [0, 0.1) is 11.3 Å². The first-order chi connectivity index (χ1) is 12.9. The SMILES string of the molecule is CC(=O)N(CCNS(=O)(=O)CCCc1ccccc1)c1cccc(C#N)c1. The molecule has 0 saturated carbocycles. The minimum atomic E-state index is -3.41. The zero-order valence-corrected chi connectivity index (χ0v) is 16.1. The van der Waals surface area contributed by atoms with Gasteiger partial charge in [-0.15, -0.1) is 0 Å². The summed E-state index contributed by atoms with van der Waals surface area (Å²) in [5.74, 6) is -0.181. The smallest absolute Gasteiger partial charge is 0.223 e. The number of nitriles is 1. The molecule has 0 saturated heterocycles. The Morgan fingerprint density at radius 3 is 2.56 bits per heavy atom. The topological polar surface area (TPSA) is 90.3 Å². The van der Waals surface area contributed by atoms with Crippen molar-refractivity contribution in [3.63, 3.8) is 0 Å². The first-order valence-electron chi connectivity index (χ1n) is 8.71. The lowest BCUT2D eigenvalue weighted by Crippen LogP contribution is -2.38. The number of nitrogens with one attached hydrogen (secondary N) is 1. The van der Waals surface area contributed by atoms with Crippen molar-refractivity contribution < 1.29 is 13.2 Å². The van der Waals surface area contributed by atoms with E-state index in [-0.39, 0.29) is 24.7 Å². The summed E-state index contributed by atoms with van der Waals surface area (Å²) in [5.41, 5.74) is 2.12. The molecular formula is C20H23N3O3S. The molecule has 0 atom stereocenters. The third-order valence-electron chi connectivity index (χ3n) is 4.05. The van der Waals surface area contributed by atoms with Crippen LogP contribution in [0.3, 0.4) is 0 Å². The van der Waals surface area contributed by atoms with Crippen LogP contribution in [0.5, 0.6) is 0 Å². The lowest BCUT2D eigenvalue weighted by atomic mass is 10.1. The summed E-state index contributed by atoms with van der Waals surface area (Å²) in [4.78, 5) is 13.3. The number of nitrogens with zero attached hydrogens (tertiary/aromatic N) is 2. The largest absolute Gasteiger partial charge is 0.311 e. The molecule has 0 aliphatic rings. The van der Waals surface area contributed by atoms with Crippen LogP contribution < -0.4 is 9.62 Å². The van der Waals surface area contributed by atoms with Gasteiger partial charge in [0.05, 0.1) is 17.4 Å². The molecule has 27 heavy (non-hydrogen) atoms. The Balaban J connectivity index is 1.86. The first-order valence-corrected chi connectivity index (χ1v) is 10.4. The van der Waals surface area contributed by atoms with Crippen LogP contribution in [0.15, 0.2) is 54.6 Å². The summed E-state index contributed by atoms with van der Waals surface area (Å²) in [5, 5.41) is 8.98. The molecule has 0 bridgehead atoms. The van der Waals surface area contributed by atoms with E-state index in [2.05, 4.69) is 4.72 Å². The fourth-order valence-corrected chi connectivity index (χ4v) is 3.78. The highest BCUT2D eigenvalue weighted by atomic mass is 32.2. The predicted molar refractivity (Wildman–Crippen MR) is 106 cm³/mol. The van der Waals surface area contributed by atoms with E-state index in [1.54, 1.807) is 24.3 Å². The first kappa shape index (κ1) is 20.6. The Morgan fingerprint density at radius 1 is 1.15 bits per heavy atom. The van der Waals surface area contributed by atoms with Gasteiger partial charge < -0.3 is 4.90 Å². The van der Waals surface area contributed by atoms with E-state index in [1.807, 2.05) is 36.4 Å². The summed E-state index contributed by atoms with van der Waals surface area (Å²) in [7, 11) is -3.41. The summed E-state index contributed by atoms with van der Waals surface area (Å²) in [6.07, 6.45) is 1.22. The monoisotopic (exact) mass is 385 g/mol. The molecule has 1 amide bonds. The molecule has 0 aliphatic carbocycles. The Morgan fingerprint density at radius 2 is 1.89 bits per heavy atom. The molecule has 0 spiro atoms. The van der Waals surface area contributed by atoms with E-state index in [9.17, 15) is 13.2 Å². The van der Waals surface area contributed by atoms with Crippen LogP contribution >= 0.6 is 0 Å². The van der Waals surface area contributed by atoms with Crippen molar-refractivity contribution in [3.8, 4) is 6.07 Å². The Bertz CT molecular complexity index is 906. The van der Waals surface area contributed by atoms with Crippen LogP contribution in [0.2, 0.25) is 0 Å². The number of benzene rings is 2. The van der Waals surface area contributed by atoms with Gasteiger partial charge in [0.2, 0.25) is 15.9 Å². The molecular weight excluding hydrogens is 362 g/mol. The third kappa shape index (κ3) is 6.85. The van der Waals surface area contributed by atoms with E-state index in [4.69, 9.17) is 5.26 Å². The highest BCUT2D eigenvalue weighted by Gasteiger charge is 2.14. The maximum absolute atomic E-state index is 12.2. The lowest BCUT2D eigenvalue weighted by Gasteiger charge is -2.21. The van der Waals surface area contributed by atoms with Crippen molar-refractivity contribution in [1.29, 1.82) is 5.26 Å². The van der Waals surface area contributed by atoms with Crippen molar-refractivity contribution in [2.75, 3.05) is 23.7 Å². The highest BCUT2D eigenvalue weighted by Crippen LogP contribution is 2.16. The van der Waals surface area contributed by atoms with Crippen LogP contribution in [0.4, 0.5) is 5.69 Å². The number of amides is 1. The summed E-state index contributed by atoms with van der Waals surface area (Å²) in [6, 6.07) is 18.4. The Kier molecular flexibility index (Phi) is 7.53. The van der Waals surface area contributed by atoms with E-state index < -0.39 is 10.0 Å². The predicted octanol–water partition coefficient (Wildman–Crippen LogP) is 2.46. The molecule has 0 aliphatic heterocycles. The fraction of sp³-hybridized carbons (Fsp3) is 0.300. The third-order valence-corrected chi connectivity index (χ3v) is 5.52. The minimum Gasteiger partial charge on any atom is -0.311 e. The zero-order valence-electron chi connectivity index (χ0n) is 15.3. The molecule has 0 aromatic heterocycles. The van der Waals surface area contributed by atoms with Gasteiger partial charge in [-0.1, -0.05) is 36.4 Å². The van der Waals surface area contributed by atoms with E-state index >= 15 is 0 Å². The molecule has 0 heterocycles. The van der Waals surface area contributed by atoms with Gasteiger partial charge in [0.25, 0.3) is 0 Å². The second-order valence-electron chi connectivity index (χ2n) is 6.14. The zero-order chi connectivity index (χ0) is 19.7. The Labute approximate surface area is 160 Å². The minimum absolute atomic E-state index is 0.0336. The molecule has 1 N–H and O–H groups in total. The van der Waals surface area contributed by atoms with Crippen LogP contribution in [0.25, 0.3) is 0 Å². The molecule has 0 radical (unpaired) electrons. The summed E-state index contributed by atoms with van der Waals surface area (Å²) in [6.45, 7) is 1.72. The maximum Gasteiger partial charge on any atom is 0.223 e. The average Bonchev–Trinajstić information content (AvgIpc) is 2.65. The number of anilines is 1. The van der Waals surface area contributed by atoms with Crippen molar-refractivity contribution in [3.05, 3.63) is 65.7 Å². The number of carbonyl (C=O) groups excluding carboxylic acids is 1. The van der Waals surface area contributed by atoms with Gasteiger partial charge in [-0.25, -0.2) is 13.1 Å². The quantitative estimate of drug-likeness (QED) is 0.718. The maximum atomic E-state index is 12.2. The number of hydrogen-bond acceptors (Lipinski definition) is 4. The van der Waals surface area contributed by atoms with E-state index in [1.165, 1.54) is 11.8 Å². The number of carbonyl (C=O) groups is 1. The van der Waals surface area contributed by atoms with Gasteiger partial charge in [0.15, 0.2) is 0 Å². The summed E-state index contributed by atoms with van der Waals surface area (Å²) >= 11 is 0. The van der Waals surface area contributed by atoms with Gasteiger partial charge in [-0.05, 0) is 36.6 Å². The van der Waals surface area contributed by atoms with Gasteiger partial charge in [0.1, 0.15) is 0 Å². The Hall–Kier alpha value is -2.69. The molecule has 7 heteroatoms. The summed E-state index contributed by atoms with van der Waals surface area (Å²) < 4.78 is 26.8. The number of sulfonamides is 1. The van der Waals surface area contributed by atoms with Gasteiger partial charge >= 0.3 is 0 Å². The molecule has 2 aromatic rings. The average molecular weight is 385 g/mol. The van der Waals surface area contributed by atoms with E-state index in [0.29, 0.717) is 24.1 Å². The van der Waals surface area contributed by atoms with E-state index in [0.717, 1.165) is 5.56 Å². The number of rotatable bonds is 9. The standard InChI is InChI=1S/C20H23N3O3S/c1-17(24)23(20-11-5-9-19(15-20)16-21)13-12-22-27(25,26)14-6-10-18-7-3-2-4-8-18/h2-5,7-9,11,15,22H,6,10,12-14H2,1H3. The van der Waals surface area contributed by atoms with Crippen molar-refractivity contribution in [2.45, 2.75) is 19.8 Å². The highest BCUT2D eigenvalue weighted by molar-refractivity contribution is 7.89. The molecule has 2 aromatic carbocycles. The lowest BCUT2D eigenvalue weighted by molar-refractivity contribution is -0.116. The van der Waals surface area contributed by atoms with Crippen LogP contribution in [0.1, 0.15) is 24.5 Å². The molecule has 142 valence electrons. The van der Waals surface area contributed by atoms with Gasteiger partial charge in [0, 0.05) is 25.7 Å². The van der Waals surface area contributed by atoms with Gasteiger partial charge in [-0.3, -0.25) is 4.79 Å². The van der Waals surface area contributed by atoms with Crippen molar-refractivity contribution in [2.24, 2.45) is 0 Å². The number of hydrogen-bond donors (Lipinski definition) is 1. The second-order valence-corrected chi connectivity index (χ2v) is 8.06. The second kappa shape index (κ2) is 9.86. The molecule has 6 nitrogen and oxygen atoms in total.